The highest BCUT2D eigenvalue weighted by Gasteiger charge is 2.17. The van der Waals surface area contributed by atoms with Gasteiger partial charge in [0, 0.05) is 11.1 Å². The van der Waals surface area contributed by atoms with Crippen LogP contribution >= 0.6 is 0 Å². The van der Waals surface area contributed by atoms with Gasteiger partial charge in [0.15, 0.2) is 0 Å². The Morgan fingerprint density at radius 3 is 2.08 bits per heavy atom. The van der Waals surface area contributed by atoms with Crippen LogP contribution < -0.4 is 4.74 Å². The number of hydrogen-bond acceptors (Lipinski definition) is 2. The minimum atomic E-state index is 0.620. The second kappa shape index (κ2) is 7.28. The smallest absolute Gasteiger partial charge is 0.142 e. The van der Waals surface area contributed by atoms with Crippen LogP contribution in [0.1, 0.15) is 6.92 Å². The fourth-order valence-corrected chi connectivity index (χ4v) is 3.06. The molecule has 0 aliphatic heterocycles. The summed E-state index contributed by atoms with van der Waals surface area (Å²) in [6, 6.07) is 28.5. The van der Waals surface area contributed by atoms with E-state index >= 15 is 0 Å². The van der Waals surface area contributed by atoms with E-state index in [0.717, 1.165) is 39.7 Å². The molecule has 26 heavy (non-hydrogen) atoms. The monoisotopic (exact) mass is 340 g/mol. The molecule has 3 aromatic carbocycles. The normalized spacial score (nSPS) is 10.7. The third kappa shape index (κ3) is 3.11. The fourth-order valence-electron chi connectivity index (χ4n) is 3.06. The Hall–Kier alpha value is -3.33. The maximum Gasteiger partial charge on any atom is 0.142 e. The molecule has 4 rings (SSSR count). The van der Waals surface area contributed by atoms with E-state index in [1.54, 1.807) is 0 Å². The number of imidazole rings is 1. The summed E-state index contributed by atoms with van der Waals surface area (Å²) < 4.78 is 5.79. The third-order valence-corrected chi connectivity index (χ3v) is 4.26. The predicted molar refractivity (Wildman–Crippen MR) is 106 cm³/mol. The maximum absolute atomic E-state index is 5.79. The first-order valence-corrected chi connectivity index (χ1v) is 8.80. The van der Waals surface area contributed by atoms with Crippen LogP contribution in [0.3, 0.4) is 0 Å². The summed E-state index contributed by atoms with van der Waals surface area (Å²) in [4.78, 5) is 8.45. The van der Waals surface area contributed by atoms with Crippen molar-refractivity contribution in [2.24, 2.45) is 0 Å². The summed E-state index contributed by atoms with van der Waals surface area (Å²) >= 11 is 0. The second-order valence-corrected chi connectivity index (χ2v) is 5.97. The Balaban J connectivity index is 1.90. The summed E-state index contributed by atoms with van der Waals surface area (Å²) in [5.41, 5.74) is 5.12. The van der Waals surface area contributed by atoms with Gasteiger partial charge in [0.25, 0.3) is 0 Å². The largest absolute Gasteiger partial charge is 0.493 e. The molecule has 0 bridgehead atoms. The van der Waals surface area contributed by atoms with Gasteiger partial charge in [-0.2, -0.15) is 0 Å². The van der Waals surface area contributed by atoms with Crippen LogP contribution in [0.25, 0.3) is 33.9 Å². The predicted octanol–water partition coefficient (Wildman–Crippen LogP) is 5.81. The molecule has 0 spiro atoms. The van der Waals surface area contributed by atoms with Gasteiger partial charge in [-0.25, -0.2) is 4.98 Å². The molecule has 3 heteroatoms. The molecular weight excluding hydrogens is 320 g/mol. The topological polar surface area (TPSA) is 37.9 Å². The molecule has 0 radical (unpaired) electrons. The average Bonchev–Trinajstić information content (AvgIpc) is 3.15. The molecule has 0 atom stereocenters. The first-order chi connectivity index (χ1) is 12.9. The SMILES string of the molecule is CCOc1ccccc1-c1nc(-c2ccccc2)c(-c2ccccc2)[nH]1. The van der Waals surface area contributed by atoms with Crippen LogP contribution in [0.5, 0.6) is 5.75 Å². The molecule has 1 heterocycles. The van der Waals surface area contributed by atoms with Gasteiger partial charge in [0.2, 0.25) is 0 Å². The Morgan fingerprint density at radius 1 is 0.769 bits per heavy atom. The Kier molecular flexibility index (Phi) is 4.52. The highest BCUT2D eigenvalue weighted by molar-refractivity contribution is 5.82. The number of aromatic nitrogens is 2. The molecular formula is C23H20N2O. The van der Waals surface area contributed by atoms with Crippen LogP contribution in [-0.4, -0.2) is 16.6 Å². The maximum atomic E-state index is 5.79. The Bertz CT molecular complexity index is 934. The molecule has 1 N–H and O–H groups in total. The number of H-pyrrole nitrogens is 1. The number of nitrogens with zero attached hydrogens (tertiary/aromatic N) is 1. The Morgan fingerprint density at radius 2 is 1.38 bits per heavy atom. The van der Waals surface area contributed by atoms with E-state index in [4.69, 9.17) is 9.72 Å². The molecule has 0 saturated heterocycles. The van der Waals surface area contributed by atoms with E-state index in [0.29, 0.717) is 6.61 Å². The van der Waals surface area contributed by atoms with Crippen LogP contribution in [0.4, 0.5) is 0 Å². The van der Waals surface area contributed by atoms with Crippen LogP contribution in [0.15, 0.2) is 84.9 Å². The molecule has 128 valence electrons. The number of rotatable bonds is 5. The van der Waals surface area contributed by atoms with Crippen molar-refractivity contribution in [3.63, 3.8) is 0 Å². The summed E-state index contributed by atoms with van der Waals surface area (Å²) in [5.74, 6) is 1.65. The first kappa shape index (κ1) is 16.2. The number of aromatic amines is 1. The van der Waals surface area contributed by atoms with E-state index in [1.165, 1.54) is 0 Å². The van der Waals surface area contributed by atoms with Crippen molar-refractivity contribution in [3.8, 4) is 39.7 Å². The molecule has 0 saturated carbocycles. The van der Waals surface area contributed by atoms with E-state index in [2.05, 4.69) is 29.2 Å². The number of para-hydroxylation sites is 1. The van der Waals surface area contributed by atoms with Crippen LogP contribution in [0.2, 0.25) is 0 Å². The number of ether oxygens (including phenoxy) is 1. The lowest BCUT2D eigenvalue weighted by molar-refractivity contribution is 0.341. The highest BCUT2D eigenvalue weighted by atomic mass is 16.5. The average molecular weight is 340 g/mol. The second-order valence-electron chi connectivity index (χ2n) is 5.97. The summed E-state index contributed by atoms with van der Waals surface area (Å²) in [5, 5.41) is 0. The van der Waals surface area contributed by atoms with Crippen molar-refractivity contribution in [2.45, 2.75) is 6.92 Å². The van der Waals surface area contributed by atoms with Gasteiger partial charge >= 0.3 is 0 Å². The molecule has 0 aliphatic carbocycles. The molecule has 0 aliphatic rings. The standard InChI is InChI=1S/C23H20N2O/c1-2-26-20-16-10-9-15-19(20)23-24-21(17-11-5-3-6-12-17)22(25-23)18-13-7-4-8-14-18/h3-16H,2H2,1H3,(H,24,25). The van der Waals surface area contributed by atoms with Gasteiger partial charge in [-0.05, 0) is 19.1 Å². The van der Waals surface area contributed by atoms with Crippen molar-refractivity contribution in [1.29, 1.82) is 0 Å². The highest BCUT2D eigenvalue weighted by Crippen LogP contribution is 2.35. The molecule has 3 nitrogen and oxygen atoms in total. The Labute approximate surface area is 153 Å². The molecule has 4 aromatic rings. The fraction of sp³-hybridized carbons (Fsp3) is 0.0870. The molecule has 0 amide bonds. The summed E-state index contributed by atoms with van der Waals surface area (Å²) in [6.45, 7) is 2.61. The zero-order valence-corrected chi connectivity index (χ0v) is 14.6. The number of hydrogen-bond donors (Lipinski definition) is 1. The first-order valence-electron chi connectivity index (χ1n) is 8.80. The quantitative estimate of drug-likeness (QED) is 0.498. The number of benzene rings is 3. The van der Waals surface area contributed by atoms with Gasteiger partial charge in [0.1, 0.15) is 11.6 Å². The van der Waals surface area contributed by atoms with E-state index in [1.807, 2.05) is 67.6 Å². The van der Waals surface area contributed by atoms with E-state index < -0.39 is 0 Å². The van der Waals surface area contributed by atoms with Crippen molar-refractivity contribution < 1.29 is 4.74 Å². The van der Waals surface area contributed by atoms with Crippen LogP contribution in [0, 0.1) is 0 Å². The summed E-state index contributed by atoms with van der Waals surface area (Å²) in [7, 11) is 0. The van der Waals surface area contributed by atoms with Gasteiger partial charge in [-0.1, -0.05) is 72.8 Å². The minimum absolute atomic E-state index is 0.620. The minimum Gasteiger partial charge on any atom is -0.493 e. The van der Waals surface area contributed by atoms with Gasteiger partial charge in [-0.3, -0.25) is 0 Å². The van der Waals surface area contributed by atoms with Crippen molar-refractivity contribution in [2.75, 3.05) is 6.61 Å². The molecule has 1 aromatic heterocycles. The van der Waals surface area contributed by atoms with Crippen LogP contribution in [-0.2, 0) is 0 Å². The van der Waals surface area contributed by atoms with Gasteiger partial charge < -0.3 is 9.72 Å². The lowest BCUT2D eigenvalue weighted by Crippen LogP contribution is -1.94. The lowest BCUT2D eigenvalue weighted by atomic mass is 10.1. The summed E-state index contributed by atoms with van der Waals surface area (Å²) in [6.07, 6.45) is 0. The van der Waals surface area contributed by atoms with E-state index in [-0.39, 0.29) is 0 Å². The lowest BCUT2D eigenvalue weighted by Gasteiger charge is -2.07. The van der Waals surface area contributed by atoms with Gasteiger partial charge in [-0.15, -0.1) is 0 Å². The van der Waals surface area contributed by atoms with Crippen molar-refractivity contribution in [3.05, 3.63) is 84.9 Å². The zero-order valence-electron chi connectivity index (χ0n) is 14.6. The third-order valence-electron chi connectivity index (χ3n) is 4.26. The molecule has 0 fully saturated rings. The van der Waals surface area contributed by atoms with Gasteiger partial charge in [0.05, 0.1) is 23.6 Å². The number of nitrogens with one attached hydrogen (secondary N) is 1. The molecule has 0 unspecified atom stereocenters. The van der Waals surface area contributed by atoms with E-state index in [9.17, 15) is 0 Å². The zero-order chi connectivity index (χ0) is 17.8. The van der Waals surface area contributed by atoms with Crippen molar-refractivity contribution >= 4 is 0 Å². The van der Waals surface area contributed by atoms with Crippen molar-refractivity contribution in [1.82, 2.24) is 9.97 Å².